The molecule has 3 rings (SSSR count). The van der Waals surface area contributed by atoms with Crippen LogP contribution in [0.3, 0.4) is 0 Å². The number of nitrogens with zero attached hydrogens (tertiary/aromatic N) is 2. The van der Waals surface area contributed by atoms with Gasteiger partial charge < -0.3 is 20.5 Å². The van der Waals surface area contributed by atoms with Gasteiger partial charge in [0.25, 0.3) is 0 Å². The van der Waals surface area contributed by atoms with Crippen molar-refractivity contribution in [3.05, 3.63) is 53.2 Å². The number of benzene rings is 1. The van der Waals surface area contributed by atoms with E-state index in [1.165, 1.54) is 0 Å². The zero-order chi connectivity index (χ0) is 19.7. The van der Waals surface area contributed by atoms with E-state index in [4.69, 9.17) is 5.73 Å². The van der Waals surface area contributed by atoms with Gasteiger partial charge in [0.2, 0.25) is 0 Å². The van der Waals surface area contributed by atoms with E-state index >= 15 is 0 Å². The Labute approximate surface area is 155 Å². The largest absolute Gasteiger partial charge is 0.408 e. The average molecular weight is 380 g/mol. The van der Waals surface area contributed by atoms with E-state index in [1.54, 1.807) is 12.3 Å². The third-order valence-corrected chi connectivity index (χ3v) is 4.31. The molecule has 2 heterocycles. The number of anilines is 1. The maximum Gasteiger partial charge on any atom is 0.408 e. The number of hydrogen-bond donors (Lipinski definition) is 4. The summed E-state index contributed by atoms with van der Waals surface area (Å²) in [7, 11) is 4.02. The number of fused-ring (bicyclic) bond motifs is 1. The van der Waals surface area contributed by atoms with Gasteiger partial charge in [0.05, 0.1) is 5.56 Å². The van der Waals surface area contributed by atoms with Gasteiger partial charge in [0.15, 0.2) is 5.79 Å². The van der Waals surface area contributed by atoms with Crippen LogP contribution in [0.1, 0.15) is 16.7 Å². The predicted molar refractivity (Wildman–Crippen MR) is 99.6 cm³/mol. The van der Waals surface area contributed by atoms with Crippen molar-refractivity contribution >= 4 is 11.7 Å². The van der Waals surface area contributed by atoms with Crippen molar-refractivity contribution in [3.8, 4) is 0 Å². The van der Waals surface area contributed by atoms with Crippen molar-refractivity contribution < 1.29 is 13.2 Å². The molecule has 0 saturated carbocycles. The van der Waals surface area contributed by atoms with Crippen LogP contribution in [-0.2, 0) is 12.2 Å². The molecule has 1 atom stereocenters. The Bertz CT molecular complexity index is 809. The molecule has 1 aromatic heterocycles. The number of aliphatic imine (C=N–C) groups is 1. The Hall–Kier alpha value is -2.52. The molecule has 0 bridgehead atoms. The van der Waals surface area contributed by atoms with Crippen molar-refractivity contribution in [2.45, 2.75) is 18.4 Å². The van der Waals surface area contributed by atoms with E-state index in [2.05, 4.69) is 25.5 Å². The number of aromatic nitrogens is 1. The molecule has 9 heteroatoms. The van der Waals surface area contributed by atoms with Gasteiger partial charge in [-0.1, -0.05) is 24.3 Å². The molecular formula is C18H23F3N6. The minimum absolute atomic E-state index is 0.0986. The van der Waals surface area contributed by atoms with Gasteiger partial charge in [-0.05, 0) is 32.1 Å². The highest BCUT2D eigenvalue weighted by molar-refractivity contribution is 6.05. The molecule has 27 heavy (non-hydrogen) atoms. The van der Waals surface area contributed by atoms with Crippen LogP contribution >= 0.6 is 0 Å². The first-order valence-corrected chi connectivity index (χ1v) is 8.55. The second kappa shape index (κ2) is 7.24. The number of rotatable bonds is 5. The monoisotopic (exact) mass is 380 g/mol. The molecule has 0 aliphatic carbocycles. The molecule has 0 fully saturated rings. The maximum atomic E-state index is 12.6. The molecular weight excluding hydrogens is 357 g/mol. The first kappa shape index (κ1) is 19.2. The van der Waals surface area contributed by atoms with Gasteiger partial charge in [-0.2, -0.15) is 13.2 Å². The van der Waals surface area contributed by atoms with Crippen LogP contribution in [0.2, 0.25) is 0 Å². The fourth-order valence-corrected chi connectivity index (χ4v) is 2.88. The van der Waals surface area contributed by atoms with Crippen molar-refractivity contribution in [3.63, 3.8) is 0 Å². The van der Waals surface area contributed by atoms with E-state index in [0.717, 1.165) is 18.5 Å². The second-order valence-corrected chi connectivity index (χ2v) is 6.85. The van der Waals surface area contributed by atoms with E-state index in [-0.39, 0.29) is 5.84 Å². The Morgan fingerprint density at radius 1 is 1.11 bits per heavy atom. The van der Waals surface area contributed by atoms with Crippen LogP contribution in [0.5, 0.6) is 0 Å². The quantitative estimate of drug-likeness (QED) is 0.641. The number of halogens is 3. The molecule has 1 aliphatic heterocycles. The summed E-state index contributed by atoms with van der Waals surface area (Å²) in [5.41, 5.74) is 8.80. The maximum absolute atomic E-state index is 12.6. The Morgan fingerprint density at radius 2 is 1.81 bits per heavy atom. The van der Waals surface area contributed by atoms with Crippen molar-refractivity contribution in [2.24, 2.45) is 10.7 Å². The van der Waals surface area contributed by atoms with Crippen LogP contribution in [0, 0.1) is 0 Å². The molecule has 1 unspecified atom stereocenters. The van der Waals surface area contributed by atoms with Gasteiger partial charge >= 0.3 is 6.18 Å². The molecule has 0 radical (unpaired) electrons. The summed E-state index contributed by atoms with van der Waals surface area (Å²) in [6.45, 7) is -0.358. The second-order valence-electron chi connectivity index (χ2n) is 6.85. The molecule has 6 nitrogen and oxygen atoms in total. The van der Waals surface area contributed by atoms with Crippen molar-refractivity contribution in [1.29, 1.82) is 0 Å². The molecule has 0 saturated heterocycles. The highest BCUT2D eigenvalue weighted by atomic mass is 19.4. The highest BCUT2D eigenvalue weighted by Crippen LogP contribution is 2.28. The molecule has 5 N–H and O–H groups in total. The summed E-state index contributed by atoms with van der Waals surface area (Å²) in [6.07, 6.45) is -1.87. The lowest BCUT2D eigenvalue weighted by Gasteiger charge is -2.38. The molecule has 146 valence electrons. The number of H-pyrrole nitrogens is 1. The average Bonchev–Trinajstić information content (AvgIpc) is 3.05. The van der Waals surface area contributed by atoms with Crippen LogP contribution < -0.4 is 16.4 Å². The summed E-state index contributed by atoms with van der Waals surface area (Å²) in [4.78, 5) is 8.74. The normalized spacial score (nSPS) is 21.1. The molecule has 2 aromatic rings. The number of nitrogens with two attached hydrogens (primary N) is 1. The third-order valence-electron chi connectivity index (χ3n) is 4.31. The summed E-state index contributed by atoms with van der Waals surface area (Å²) in [6, 6.07) is 9.30. The zero-order valence-electron chi connectivity index (χ0n) is 15.2. The smallest absolute Gasteiger partial charge is 0.348 e. The van der Waals surface area contributed by atoms with E-state index in [0.29, 0.717) is 16.9 Å². The Kier molecular flexibility index (Phi) is 5.16. The topological polar surface area (TPSA) is 81.5 Å². The van der Waals surface area contributed by atoms with Crippen LogP contribution in [0.25, 0.3) is 0 Å². The lowest BCUT2D eigenvalue weighted by atomic mass is 10.0. The SMILES string of the molecule is CN(C)CCc1ccc(C2(N)NC(=NCC(F)(F)F)c3cc[nH]c3N2)cc1. The van der Waals surface area contributed by atoms with E-state index in [1.807, 2.05) is 38.4 Å². The number of alkyl halides is 3. The zero-order valence-corrected chi connectivity index (χ0v) is 15.2. The van der Waals surface area contributed by atoms with Crippen LogP contribution in [0.15, 0.2) is 41.5 Å². The van der Waals surface area contributed by atoms with E-state index in [9.17, 15) is 13.2 Å². The van der Waals surface area contributed by atoms with Gasteiger partial charge in [-0.3, -0.25) is 10.7 Å². The van der Waals surface area contributed by atoms with Crippen LogP contribution in [0.4, 0.5) is 19.0 Å². The molecule has 0 amide bonds. The highest BCUT2D eigenvalue weighted by Gasteiger charge is 2.36. The fraction of sp³-hybridized carbons (Fsp3) is 0.389. The Balaban J connectivity index is 1.85. The Morgan fingerprint density at radius 3 is 2.44 bits per heavy atom. The molecule has 1 aliphatic rings. The molecule has 0 spiro atoms. The fourth-order valence-electron chi connectivity index (χ4n) is 2.88. The first-order chi connectivity index (χ1) is 12.7. The lowest BCUT2D eigenvalue weighted by Crippen LogP contribution is -2.61. The number of nitrogens with one attached hydrogen (secondary N) is 3. The van der Waals surface area contributed by atoms with Gasteiger partial charge in [0, 0.05) is 18.3 Å². The standard InChI is InChI=1S/C18H23F3N6/c1-27(2)10-8-12-3-5-13(6-4-12)18(22)25-15-14(7-9-23-15)16(26-18)24-11-17(19,20)21/h3-7,9,23,25H,8,10-11,22H2,1-2H3,(H,24,26). The summed E-state index contributed by atoms with van der Waals surface area (Å²) in [5.74, 6) is -0.655. The number of likely N-dealkylation sites (N-methyl/N-ethyl adjacent to an activating group) is 1. The van der Waals surface area contributed by atoms with Crippen LogP contribution in [-0.4, -0.2) is 49.1 Å². The minimum Gasteiger partial charge on any atom is -0.348 e. The summed E-state index contributed by atoms with van der Waals surface area (Å²) in [5, 5.41) is 6.03. The number of aromatic amines is 1. The first-order valence-electron chi connectivity index (χ1n) is 8.55. The predicted octanol–water partition coefficient (Wildman–Crippen LogP) is 2.21. The van der Waals surface area contributed by atoms with Gasteiger partial charge in [-0.25, -0.2) is 0 Å². The molecule has 1 aromatic carbocycles. The number of amidine groups is 1. The minimum atomic E-state index is -4.39. The number of hydrogen-bond acceptors (Lipinski definition) is 4. The summed E-state index contributed by atoms with van der Waals surface area (Å²) < 4.78 is 37.8. The van der Waals surface area contributed by atoms with E-state index < -0.39 is 18.5 Å². The summed E-state index contributed by atoms with van der Waals surface area (Å²) >= 11 is 0. The lowest BCUT2D eigenvalue weighted by molar-refractivity contribution is -0.118. The van der Waals surface area contributed by atoms with Gasteiger partial charge in [0.1, 0.15) is 18.2 Å². The van der Waals surface area contributed by atoms with Crippen molar-refractivity contribution in [1.82, 2.24) is 15.2 Å². The third kappa shape index (κ3) is 4.61. The van der Waals surface area contributed by atoms with Crippen molar-refractivity contribution in [2.75, 3.05) is 32.5 Å². The van der Waals surface area contributed by atoms with Gasteiger partial charge in [-0.15, -0.1) is 0 Å².